The van der Waals surface area contributed by atoms with Crippen molar-refractivity contribution in [3.05, 3.63) is 34.1 Å². The Kier molecular flexibility index (Phi) is 3.88. The number of amides is 1. The van der Waals surface area contributed by atoms with Gasteiger partial charge in [-0.15, -0.1) is 0 Å². The van der Waals surface area contributed by atoms with E-state index in [0.29, 0.717) is 20.8 Å². The Hall–Kier alpha value is -0.420. The van der Waals surface area contributed by atoms with Gasteiger partial charge in [-0.2, -0.15) is 0 Å². The zero-order chi connectivity index (χ0) is 12.6. The van der Waals surface area contributed by atoms with E-state index in [9.17, 15) is 9.18 Å². The molecule has 1 fully saturated rings. The number of carbonyl (C=O) groups excluding carboxylic acids is 1. The minimum atomic E-state index is -0.421. The summed E-state index contributed by atoms with van der Waals surface area (Å²) in [5.74, 6) is -0.0743. The highest BCUT2D eigenvalue weighted by molar-refractivity contribution is 9.10. The molecule has 1 amide bonds. The Morgan fingerprint density at radius 2 is 2.24 bits per heavy atom. The van der Waals surface area contributed by atoms with Crippen LogP contribution < -0.4 is 5.32 Å². The summed E-state index contributed by atoms with van der Waals surface area (Å²) in [7, 11) is 0. The number of hydrogen-bond donors (Lipinski definition) is 1. The lowest BCUT2D eigenvalue weighted by Crippen LogP contribution is -2.52. The summed E-state index contributed by atoms with van der Waals surface area (Å²) in [6.45, 7) is 2.13. The molecular formula is C12H12Br2FNO. The van der Waals surface area contributed by atoms with Gasteiger partial charge >= 0.3 is 0 Å². The fraction of sp³-hybridized carbons (Fsp3) is 0.417. The zero-order valence-electron chi connectivity index (χ0n) is 9.21. The van der Waals surface area contributed by atoms with Gasteiger partial charge in [-0.05, 0) is 46.5 Å². The molecule has 1 aliphatic carbocycles. The second-order valence-corrected chi connectivity index (χ2v) is 6.28. The Morgan fingerprint density at radius 3 is 2.76 bits per heavy atom. The van der Waals surface area contributed by atoms with Crippen molar-refractivity contribution in [1.82, 2.24) is 5.32 Å². The maximum Gasteiger partial charge on any atom is 0.251 e. The van der Waals surface area contributed by atoms with Crippen LogP contribution in [0.25, 0.3) is 0 Å². The van der Waals surface area contributed by atoms with Crippen molar-refractivity contribution >= 4 is 37.8 Å². The highest BCUT2D eigenvalue weighted by Crippen LogP contribution is 2.34. The lowest BCUT2D eigenvalue weighted by Gasteiger charge is -2.39. The first-order valence-corrected chi connectivity index (χ1v) is 7.10. The highest BCUT2D eigenvalue weighted by Gasteiger charge is 2.36. The zero-order valence-corrected chi connectivity index (χ0v) is 12.4. The summed E-state index contributed by atoms with van der Waals surface area (Å²) < 4.78 is 13.6. The van der Waals surface area contributed by atoms with Gasteiger partial charge in [-0.1, -0.05) is 22.9 Å². The van der Waals surface area contributed by atoms with E-state index in [4.69, 9.17) is 0 Å². The standard InChI is InChI=1S/C12H12Br2FNO/c1-6-4-10(11(6)14)16-12(17)7-2-3-8(13)9(15)5-7/h2-3,5-6,10-11H,4H2,1H3,(H,16,17)/t6?,10-,11?/m0/s1. The number of alkyl halides is 1. The number of hydrogen-bond acceptors (Lipinski definition) is 1. The third-order valence-electron chi connectivity index (χ3n) is 3.05. The number of halogens is 3. The first-order valence-electron chi connectivity index (χ1n) is 5.39. The van der Waals surface area contributed by atoms with Crippen LogP contribution in [0.5, 0.6) is 0 Å². The van der Waals surface area contributed by atoms with Crippen LogP contribution in [-0.4, -0.2) is 16.8 Å². The minimum Gasteiger partial charge on any atom is -0.348 e. The molecule has 0 aromatic heterocycles. The number of rotatable bonds is 2. The molecule has 3 atom stereocenters. The van der Waals surface area contributed by atoms with Crippen molar-refractivity contribution in [3.63, 3.8) is 0 Å². The molecule has 0 bridgehead atoms. The molecule has 1 aromatic carbocycles. The van der Waals surface area contributed by atoms with Crippen LogP contribution in [0, 0.1) is 11.7 Å². The molecule has 0 spiro atoms. The van der Waals surface area contributed by atoms with Gasteiger partial charge in [0.05, 0.1) is 4.47 Å². The van der Waals surface area contributed by atoms with Gasteiger partial charge in [0.2, 0.25) is 0 Å². The largest absolute Gasteiger partial charge is 0.348 e. The van der Waals surface area contributed by atoms with Crippen molar-refractivity contribution in [2.75, 3.05) is 0 Å². The third-order valence-corrected chi connectivity index (χ3v) is 5.24. The average molecular weight is 365 g/mol. The van der Waals surface area contributed by atoms with Crippen LogP contribution in [0.2, 0.25) is 0 Å². The van der Waals surface area contributed by atoms with E-state index in [2.05, 4.69) is 44.1 Å². The van der Waals surface area contributed by atoms with Crippen LogP contribution in [0.3, 0.4) is 0 Å². The summed E-state index contributed by atoms with van der Waals surface area (Å²) in [5, 5.41) is 2.89. The molecule has 1 saturated carbocycles. The first kappa shape index (κ1) is 13.0. The Morgan fingerprint density at radius 1 is 1.53 bits per heavy atom. The lowest BCUT2D eigenvalue weighted by atomic mass is 9.81. The van der Waals surface area contributed by atoms with Gasteiger partial charge in [-0.25, -0.2) is 4.39 Å². The summed E-state index contributed by atoms with van der Waals surface area (Å²) >= 11 is 6.58. The fourth-order valence-corrected chi connectivity index (χ4v) is 2.70. The highest BCUT2D eigenvalue weighted by atomic mass is 79.9. The topological polar surface area (TPSA) is 29.1 Å². The Bertz CT molecular complexity index is 452. The molecule has 1 aliphatic rings. The molecule has 2 rings (SSSR count). The Labute approximate surface area is 116 Å². The summed E-state index contributed by atoms with van der Waals surface area (Å²) in [6.07, 6.45) is 0.959. The summed E-state index contributed by atoms with van der Waals surface area (Å²) in [6, 6.07) is 4.53. The number of benzene rings is 1. The van der Waals surface area contributed by atoms with Crippen molar-refractivity contribution < 1.29 is 9.18 Å². The maximum absolute atomic E-state index is 13.3. The molecule has 0 radical (unpaired) electrons. The van der Waals surface area contributed by atoms with Crippen LogP contribution in [-0.2, 0) is 0 Å². The fourth-order valence-electron chi connectivity index (χ4n) is 1.89. The van der Waals surface area contributed by atoms with Crippen molar-refractivity contribution in [3.8, 4) is 0 Å². The maximum atomic E-state index is 13.3. The molecule has 0 heterocycles. The van der Waals surface area contributed by atoms with E-state index in [1.807, 2.05) is 0 Å². The normalized spacial score (nSPS) is 27.4. The van der Waals surface area contributed by atoms with Crippen molar-refractivity contribution in [1.29, 1.82) is 0 Å². The SMILES string of the molecule is CC1C[C@H](NC(=O)c2ccc(Br)c(F)c2)C1Br. The lowest BCUT2D eigenvalue weighted by molar-refractivity contribution is 0.0903. The van der Waals surface area contributed by atoms with Crippen LogP contribution in [0.15, 0.2) is 22.7 Å². The van der Waals surface area contributed by atoms with E-state index in [-0.39, 0.29) is 11.9 Å². The van der Waals surface area contributed by atoms with Gasteiger partial charge in [0.1, 0.15) is 5.82 Å². The molecular weight excluding hydrogens is 353 g/mol. The summed E-state index contributed by atoms with van der Waals surface area (Å²) in [5.41, 5.74) is 0.352. The molecule has 2 nitrogen and oxygen atoms in total. The molecule has 2 unspecified atom stereocenters. The molecule has 1 aromatic rings. The predicted octanol–water partition coefficient (Wildman–Crippen LogP) is 3.49. The molecule has 5 heteroatoms. The van der Waals surface area contributed by atoms with Crippen LogP contribution in [0.1, 0.15) is 23.7 Å². The number of carbonyl (C=O) groups is 1. The molecule has 1 N–H and O–H groups in total. The van der Waals surface area contributed by atoms with Crippen LogP contribution >= 0.6 is 31.9 Å². The van der Waals surface area contributed by atoms with Crippen molar-refractivity contribution in [2.24, 2.45) is 5.92 Å². The van der Waals surface area contributed by atoms with E-state index in [1.165, 1.54) is 6.07 Å². The van der Waals surface area contributed by atoms with E-state index >= 15 is 0 Å². The van der Waals surface area contributed by atoms with E-state index in [1.54, 1.807) is 12.1 Å². The van der Waals surface area contributed by atoms with Gasteiger partial charge < -0.3 is 5.32 Å². The molecule has 92 valence electrons. The van der Waals surface area contributed by atoms with Gasteiger partial charge in [0.15, 0.2) is 0 Å². The second kappa shape index (κ2) is 5.06. The molecule has 0 aliphatic heterocycles. The summed E-state index contributed by atoms with van der Waals surface area (Å²) in [4.78, 5) is 12.2. The minimum absolute atomic E-state index is 0.143. The van der Waals surface area contributed by atoms with Gasteiger partial charge in [-0.3, -0.25) is 4.79 Å². The molecule has 0 saturated heterocycles. The first-order chi connectivity index (χ1) is 7.99. The predicted molar refractivity (Wildman–Crippen MR) is 71.9 cm³/mol. The quantitative estimate of drug-likeness (QED) is 0.799. The Balaban J connectivity index is 2.03. The smallest absolute Gasteiger partial charge is 0.251 e. The van der Waals surface area contributed by atoms with Crippen LogP contribution in [0.4, 0.5) is 4.39 Å². The van der Waals surface area contributed by atoms with Crippen molar-refractivity contribution in [2.45, 2.75) is 24.2 Å². The van der Waals surface area contributed by atoms with Gasteiger partial charge in [0, 0.05) is 16.4 Å². The average Bonchev–Trinajstić information content (AvgIpc) is 2.31. The van der Waals surface area contributed by atoms with E-state index < -0.39 is 5.82 Å². The van der Waals surface area contributed by atoms with Gasteiger partial charge in [0.25, 0.3) is 5.91 Å². The molecule has 17 heavy (non-hydrogen) atoms. The monoisotopic (exact) mass is 363 g/mol. The van der Waals surface area contributed by atoms with E-state index in [0.717, 1.165) is 6.42 Å². The second-order valence-electron chi connectivity index (χ2n) is 4.37. The third kappa shape index (κ3) is 2.71. The number of nitrogens with one attached hydrogen (secondary N) is 1.